The molecular weight excluding hydrogens is 512 g/mol. The van der Waals surface area contributed by atoms with Crippen LogP contribution in [-0.4, -0.2) is 16.3 Å². The van der Waals surface area contributed by atoms with E-state index in [4.69, 9.17) is 4.99 Å². The van der Waals surface area contributed by atoms with Crippen molar-refractivity contribution in [2.75, 3.05) is 10.2 Å². The molecule has 10 rings (SSSR count). The van der Waals surface area contributed by atoms with Crippen LogP contribution in [0.25, 0.3) is 32.9 Å². The van der Waals surface area contributed by atoms with Crippen molar-refractivity contribution in [3.8, 4) is 11.1 Å². The van der Waals surface area contributed by atoms with Crippen LogP contribution in [0.1, 0.15) is 23.2 Å². The van der Waals surface area contributed by atoms with Gasteiger partial charge in [0.15, 0.2) is 0 Å². The Balaban J connectivity index is 1.29. The van der Waals surface area contributed by atoms with Crippen molar-refractivity contribution in [3.63, 3.8) is 0 Å². The summed E-state index contributed by atoms with van der Waals surface area (Å²) in [4.78, 5) is 7.78. The third-order valence-electron chi connectivity index (χ3n) is 9.44. The number of nitrogens with zero attached hydrogens (tertiary/aromatic N) is 3. The molecule has 0 saturated heterocycles. The number of aromatic nitrogens is 1. The lowest BCUT2D eigenvalue weighted by molar-refractivity contribution is 0.745. The molecule has 0 bridgehead atoms. The fraction of sp³-hybridized carbons (Fsp3) is 0.0789. The van der Waals surface area contributed by atoms with Crippen molar-refractivity contribution in [1.82, 2.24) is 4.57 Å². The zero-order valence-corrected chi connectivity index (χ0v) is 22.8. The number of allylic oxidation sites excluding steroid dienone is 2. The number of nitrogens with one attached hydrogen (secondary N) is 1. The van der Waals surface area contributed by atoms with Gasteiger partial charge in [-0.05, 0) is 65.2 Å². The summed E-state index contributed by atoms with van der Waals surface area (Å²) in [5.74, 6) is 0.310. The lowest BCUT2D eigenvalue weighted by atomic mass is 9.90. The van der Waals surface area contributed by atoms with Crippen LogP contribution in [0.15, 0.2) is 138 Å². The molecule has 1 N–H and O–H groups in total. The first-order valence-electron chi connectivity index (χ1n) is 14.7. The van der Waals surface area contributed by atoms with Crippen LogP contribution in [0.4, 0.5) is 22.7 Å². The number of fused-ring (bicyclic) bond motifs is 10. The minimum atomic E-state index is -0.0624. The van der Waals surface area contributed by atoms with Gasteiger partial charge in [0, 0.05) is 33.6 Å². The fourth-order valence-corrected chi connectivity index (χ4v) is 7.65. The van der Waals surface area contributed by atoms with Gasteiger partial charge in [0.1, 0.15) is 6.17 Å². The molecule has 198 valence electrons. The van der Waals surface area contributed by atoms with Crippen molar-refractivity contribution >= 4 is 50.3 Å². The highest BCUT2D eigenvalue weighted by Crippen LogP contribution is 2.53. The van der Waals surface area contributed by atoms with Crippen molar-refractivity contribution in [3.05, 3.63) is 145 Å². The average Bonchev–Trinajstić information content (AvgIpc) is 3.67. The number of hydrogen-bond donors (Lipinski definition) is 1. The van der Waals surface area contributed by atoms with E-state index in [1.54, 1.807) is 0 Å². The SMILES string of the molecule is C1=CC2c3cc4c5cc(-c6ccccc6)cc6c5n(c4cc3N(c3ccccc3)C2C=C1)C1Nc2ccccc2N=C61. The Bertz CT molecular complexity index is 2190. The molecular formula is C38H26N4. The molecule has 4 aliphatic rings. The molecule has 0 amide bonds. The van der Waals surface area contributed by atoms with E-state index in [1.807, 2.05) is 0 Å². The van der Waals surface area contributed by atoms with Crippen LogP contribution >= 0.6 is 0 Å². The number of rotatable bonds is 2. The van der Waals surface area contributed by atoms with Gasteiger partial charge in [0.25, 0.3) is 0 Å². The zero-order valence-electron chi connectivity index (χ0n) is 22.8. The second-order valence-electron chi connectivity index (χ2n) is 11.6. The number of para-hydroxylation sites is 3. The Morgan fingerprint density at radius 1 is 0.690 bits per heavy atom. The standard InChI is InChI=1S/C38H26N4/c1-3-11-23(12-4-1)24-19-29-28-21-27-26-15-7-10-18-33(26)41(25-13-5-2-6-14-25)34(27)22-35(28)42-37(29)30(20-24)36-38(42)40-32-17-9-8-16-31(32)39-36/h1-22,26,33,38,40H. The van der Waals surface area contributed by atoms with Crippen molar-refractivity contribution in [2.45, 2.75) is 18.1 Å². The third kappa shape index (κ3) is 2.88. The summed E-state index contributed by atoms with van der Waals surface area (Å²) in [5.41, 5.74) is 13.2. The van der Waals surface area contributed by atoms with E-state index in [9.17, 15) is 0 Å². The fourth-order valence-electron chi connectivity index (χ4n) is 7.65. The predicted molar refractivity (Wildman–Crippen MR) is 174 cm³/mol. The zero-order chi connectivity index (χ0) is 27.4. The van der Waals surface area contributed by atoms with Gasteiger partial charge in [-0.25, -0.2) is 4.99 Å². The molecule has 4 heteroatoms. The van der Waals surface area contributed by atoms with Gasteiger partial charge in [-0.15, -0.1) is 0 Å². The summed E-state index contributed by atoms with van der Waals surface area (Å²) in [6.07, 6.45) is 9.05. The molecule has 1 aromatic heterocycles. The first-order chi connectivity index (χ1) is 20.8. The highest BCUT2D eigenvalue weighted by molar-refractivity contribution is 6.26. The first-order valence-corrected chi connectivity index (χ1v) is 14.7. The smallest absolute Gasteiger partial charge is 0.148 e. The highest BCUT2D eigenvalue weighted by atomic mass is 15.2. The molecule has 42 heavy (non-hydrogen) atoms. The molecule has 0 fully saturated rings. The summed E-state index contributed by atoms with van der Waals surface area (Å²) in [7, 11) is 0. The molecule has 0 radical (unpaired) electrons. The third-order valence-corrected chi connectivity index (χ3v) is 9.44. The van der Waals surface area contributed by atoms with Crippen LogP contribution in [-0.2, 0) is 0 Å². The Morgan fingerprint density at radius 2 is 1.48 bits per heavy atom. The number of anilines is 3. The van der Waals surface area contributed by atoms with E-state index in [0.717, 1.165) is 17.1 Å². The molecule has 1 aliphatic carbocycles. The largest absolute Gasteiger partial charge is 0.358 e. The molecule has 0 spiro atoms. The molecule has 5 aromatic carbocycles. The minimum absolute atomic E-state index is 0.0624. The van der Waals surface area contributed by atoms with Crippen LogP contribution in [0.3, 0.4) is 0 Å². The average molecular weight is 539 g/mol. The Labute approximate surface area is 243 Å². The maximum atomic E-state index is 5.26. The van der Waals surface area contributed by atoms with Gasteiger partial charge in [0.2, 0.25) is 0 Å². The lowest BCUT2D eigenvalue weighted by Crippen LogP contribution is -2.28. The van der Waals surface area contributed by atoms with Gasteiger partial charge in [-0.1, -0.05) is 85.0 Å². The Kier molecular flexibility index (Phi) is 4.32. The lowest BCUT2D eigenvalue weighted by Gasteiger charge is -2.29. The van der Waals surface area contributed by atoms with E-state index in [-0.39, 0.29) is 12.2 Å². The molecule has 3 unspecified atom stereocenters. The van der Waals surface area contributed by atoms with Crippen molar-refractivity contribution < 1.29 is 0 Å². The van der Waals surface area contributed by atoms with Gasteiger partial charge in [-0.2, -0.15) is 0 Å². The number of hydrogen-bond acceptors (Lipinski definition) is 3. The molecule has 3 atom stereocenters. The van der Waals surface area contributed by atoms with Gasteiger partial charge < -0.3 is 14.8 Å². The molecule has 3 aliphatic heterocycles. The minimum Gasteiger partial charge on any atom is -0.358 e. The molecule has 4 heterocycles. The Hall–Kier alpha value is -5.35. The topological polar surface area (TPSA) is 32.6 Å². The summed E-state index contributed by atoms with van der Waals surface area (Å²) >= 11 is 0. The molecule has 0 saturated carbocycles. The van der Waals surface area contributed by atoms with Crippen LogP contribution in [0.5, 0.6) is 0 Å². The van der Waals surface area contributed by atoms with Gasteiger partial charge >= 0.3 is 0 Å². The van der Waals surface area contributed by atoms with Crippen LogP contribution in [0.2, 0.25) is 0 Å². The first kappa shape index (κ1) is 22.4. The Morgan fingerprint density at radius 3 is 2.36 bits per heavy atom. The number of benzene rings is 5. The second kappa shape index (κ2) is 8.11. The monoisotopic (exact) mass is 538 g/mol. The molecule has 6 aromatic rings. The van der Waals surface area contributed by atoms with Crippen LogP contribution < -0.4 is 10.2 Å². The second-order valence-corrected chi connectivity index (χ2v) is 11.6. The normalized spacial score (nSPS) is 20.7. The van der Waals surface area contributed by atoms with Crippen molar-refractivity contribution in [2.24, 2.45) is 4.99 Å². The summed E-state index contributed by atoms with van der Waals surface area (Å²) in [6.45, 7) is 0. The molecule has 4 nitrogen and oxygen atoms in total. The predicted octanol–water partition coefficient (Wildman–Crippen LogP) is 9.25. The summed E-state index contributed by atoms with van der Waals surface area (Å²) in [6, 6.07) is 39.8. The summed E-state index contributed by atoms with van der Waals surface area (Å²) in [5, 5.41) is 6.45. The quantitative estimate of drug-likeness (QED) is 0.238. The van der Waals surface area contributed by atoms with E-state index >= 15 is 0 Å². The number of aliphatic imine (C=N–C) groups is 1. The van der Waals surface area contributed by atoms with E-state index < -0.39 is 0 Å². The highest BCUT2D eigenvalue weighted by Gasteiger charge is 2.41. The van der Waals surface area contributed by atoms with E-state index in [2.05, 4.69) is 148 Å². The van der Waals surface area contributed by atoms with Gasteiger partial charge in [-0.3, -0.25) is 0 Å². The van der Waals surface area contributed by atoms with Crippen molar-refractivity contribution in [1.29, 1.82) is 0 Å². The van der Waals surface area contributed by atoms with E-state index in [0.29, 0.717) is 5.92 Å². The van der Waals surface area contributed by atoms with Gasteiger partial charge in [0.05, 0.1) is 34.2 Å². The van der Waals surface area contributed by atoms with E-state index in [1.165, 1.54) is 55.4 Å². The maximum absolute atomic E-state index is 5.26. The van der Waals surface area contributed by atoms with Crippen LogP contribution in [0, 0.1) is 0 Å². The maximum Gasteiger partial charge on any atom is 0.148 e. The summed E-state index contributed by atoms with van der Waals surface area (Å²) < 4.78 is 2.50.